The molecule has 17 heavy (non-hydrogen) atoms. The van der Waals surface area contributed by atoms with E-state index in [0.717, 1.165) is 0 Å². The van der Waals surface area contributed by atoms with Crippen LogP contribution in [0.3, 0.4) is 0 Å². The summed E-state index contributed by atoms with van der Waals surface area (Å²) < 4.78 is 10.2. The molecule has 0 radical (unpaired) electrons. The standard InChI is InChI=1S/C12H16O5/c1-6(2)9-8(16-3)5-7(12(14)15)10(13)11(9)17-4/h5-6,13H,1-4H3,(H,14,15). The molecule has 0 spiro atoms. The zero-order valence-electron chi connectivity index (χ0n) is 10.3. The lowest BCUT2D eigenvalue weighted by atomic mass is 9.97. The molecule has 0 bridgehead atoms. The van der Waals surface area contributed by atoms with Crippen LogP contribution in [0.4, 0.5) is 0 Å². The van der Waals surface area contributed by atoms with Crippen LogP contribution in [-0.4, -0.2) is 30.4 Å². The van der Waals surface area contributed by atoms with Crippen molar-refractivity contribution < 1.29 is 24.5 Å². The highest BCUT2D eigenvalue weighted by Crippen LogP contribution is 2.43. The van der Waals surface area contributed by atoms with Crippen LogP contribution in [0.1, 0.15) is 35.7 Å². The first-order chi connectivity index (χ1) is 7.93. The van der Waals surface area contributed by atoms with Gasteiger partial charge in [-0.2, -0.15) is 0 Å². The number of ether oxygens (including phenoxy) is 2. The van der Waals surface area contributed by atoms with E-state index in [0.29, 0.717) is 11.3 Å². The summed E-state index contributed by atoms with van der Waals surface area (Å²) >= 11 is 0. The van der Waals surface area contributed by atoms with Crippen molar-refractivity contribution in [3.63, 3.8) is 0 Å². The van der Waals surface area contributed by atoms with Gasteiger partial charge in [0.2, 0.25) is 0 Å². The van der Waals surface area contributed by atoms with Crippen molar-refractivity contribution in [2.75, 3.05) is 14.2 Å². The molecule has 0 aromatic heterocycles. The molecule has 0 saturated carbocycles. The molecular weight excluding hydrogens is 224 g/mol. The lowest BCUT2D eigenvalue weighted by molar-refractivity contribution is 0.0692. The van der Waals surface area contributed by atoms with E-state index < -0.39 is 5.97 Å². The summed E-state index contributed by atoms with van der Waals surface area (Å²) in [5.74, 6) is -1.02. The first-order valence-corrected chi connectivity index (χ1v) is 5.15. The highest BCUT2D eigenvalue weighted by molar-refractivity contribution is 5.93. The molecule has 0 unspecified atom stereocenters. The highest BCUT2D eigenvalue weighted by Gasteiger charge is 2.24. The maximum atomic E-state index is 11.0. The molecule has 0 fully saturated rings. The summed E-state index contributed by atoms with van der Waals surface area (Å²) in [7, 11) is 2.83. The van der Waals surface area contributed by atoms with Crippen molar-refractivity contribution in [2.24, 2.45) is 0 Å². The molecule has 1 aromatic rings. The Hall–Kier alpha value is -1.91. The lowest BCUT2D eigenvalue weighted by Crippen LogP contribution is -2.04. The van der Waals surface area contributed by atoms with Crippen molar-refractivity contribution in [3.8, 4) is 17.2 Å². The molecule has 1 rings (SSSR count). The maximum absolute atomic E-state index is 11.0. The van der Waals surface area contributed by atoms with E-state index in [1.54, 1.807) is 0 Å². The second-order valence-electron chi connectivity index (χ2n) is 3.88. The van der Waals surface area contributed by atoms with E-state index in [2.05, 4.69) is 0 Å². The van der Waals surface area contributed by atoms with Crippen LogP contribution < -0.4 is 9.47 Å². The Morgan fingerprint density at radius 3 is 2.24 bits per heavy atom. The van der Waals surface area contributed by atoms with Crippen LogP contribution in [0, 0.1) is 0 Å². The molecule has 5 heteroatoms. The van der Waals surface area contributed by atoms with Crippen LogP contribution in [0.2, 0.25) is 0 Å². The zero-order valence-corrected chi connectivity index (χ0v) is 10.3. The number of carboxylic acids is 1. The Kier molecular flexibility index (Phi) is 3.83. The zero-order chi connectivity index (χ0) is 13.2. The van der Waals surface area contributed by atoms with Gasteiger partial charge in [0.1, 0.15) is 11.3 Å². The first-order valence-electron chi connectivity index (χ1n) is 5.15. The highest BCUT2D eigenvalue weighted by atomic mass is 16.5. The van der Waals surface area contributed by atoms with Gasteiger partial charge in [-0.15, -0.1) is 0 Å². The molecule has 94 valence electrons. The van der Waals surface area contributed by atoms with Gasteiger partial charge in [-0.3, -0.25) is 0 Å². The van der Waals surface area contributed by atoms with Crippen molar-refractivity contribution in [1.82, 2.24) is 0 Å². The van der Waals surface area contributed by atoms with E-state index in [-0.39, 0.29) is 23.0 Å². The minimum Gasteiger partial charge on any atom is -0.504 e. The average molecular weight is 240 g/mol. The molecule has 1 aromatic carbocycles. The SMILES string of the molecule is COc1cc(C(=O)O)c(O)c(OC)c1C(C)C. The van der Waals surface area contributed by atoms with E-state index >= 15 is 0 Å². The summed E-state index contributed by atoms with van der Waals surface area (Å²) in [6.07, 6.45) is 0. The third kappa shape index (κ3) is 2.27. The molecule has 0 saturated heterocycles. The van der Waals surface area contributed by atoms with Crippen LogP contribution in [-0.2, 0) is 0 Å². The van der Waals surface area contributed by atoms with Crippen molar-refractivity contribution >= 4 is 5.97 Å². The van der Waals surface area contributed by atoms with E-state index in [1.807, 2.05) is 13.8 Å². The first kappa shape index (κ1) is 13.2. The molecule has 0 heterocycles. The van der Waals surface area contributed by atoms with Gasteiger partial charge in [-0.25, -0.2) is 4.79 Å². The number of benzene rings is 1. The molecule has 0 aliphatic rings. The molecule has 0 aliphatic heterocycles. The number of aromatic carboxylic acids is 1. The Bertz CT molecular complexity index is 437. The van der Waals surface area contributed by atoms with E-state index in [1.165, 1.54) is 20.3 Å². The second kappa shape index (κ2) is 4.95. The Morgan fingerprint density at radius 2 is 1.88 bits per heavy atom. The fraction of sp³-hybridized carbons (Fsp3) is 0.417. The number of rotatable bonds is 4. The summed E-state index contributed by atoms with van der Waals surface area (Å²) in [5, 5.41) is 18.8. The molecule has 2 N–H and O–H groups in total. The smallest absolute Gasteiger partial charge is 0.339 e. The van der Waals surface area contributed by atoms with Crippen LogP contribution in [0.15, 0.2) is 6.07 Å². The van der Waals surface area contributed by atoms with Crippen molar-refractivity contribution in [2.45, 2.75) is 19.8 Å². The van der Waals surface area contributed by atoms with Crippen LogP contribution >= 0.6 is 0 Å². The molecular formula is C12H16O5. The normalized spacial score (nSPS) is 10.4. The largest absolute Gasteiger partial charge is 0.504 e. The van der Waals surface area contributed by atoms with Gasteiger partial charge in [0.25, 0.3) is 0 Å². The van der Waals surface area contributed by atoms with Gasteiger partial charge in [0.05, 0.1) is 14.2 Å². The Morgan fingerprint density at radius 1 is 1.29 bits per heavy atom. The summed E-state index contributed by atoms with van der Waals surface area (Å²) in [5.41, 5.74) is 0.417. The second-order valence-corrected chi connectivity index (χ2v) is 3.88. The van der Waals surface area contributed by atoms with E-state index in [4.69, 9.17) is 14.6 Å². The molecule has 0 amide bonds. The summed E-state index contributed by atoms with van der Waals surface area (Å²) in [6, 6.07) is 1.30. The number of methoxy groups -OCH3 is 2. The maximum Gasteiger partial charge on any atom is 0.339 e. The van der Waals surface area contributed by atoms with Crippen LogP contribution in [0.25, 0.3) is 0 Å². The number of carboxylic acid groups (broad SMARTS) is 1. The Labute approximate surface area is 99.6 Å². The van der Waals surface area contributed by atoms with Gasteiger partial charge in [-0.05, 0) is 12.0 Å². The quantitative estimate of drug-likeness (QED) is 0.844. The predicted molar refractivity (Wildman–Crippen MR) is 62.3 cm³/mol. The molecule has 0 atom stereocenters. The van der Waals surface area contributed by atoms with Gasteiger partial charge < -0.3 is 19.7 Å². The number of carbonyl (C=O) groups is 1. The molecule has 5 nitrogen and oxygen atoms in total. The van der Waals surface area contributed by atoms with E-state index in [9.17, 15) is 9.90 Å². The average Bonchev–Trinajstić information content (AvgIpc) is 2.27. The third-order valence-corrected chi connectivity index (χ3v) is 2.49. The topological polar surface area (TPSA) is 76.0 Å². The lowest BCUT2D eigenvalue weighted by Gasteiger charge is -2.18. The number of aromatic hydroxyl groups is 1. The fourth-order valence-electron chi connectivity index (χ4n) is 1.72. The van der Waals surface area contributed by atoms with Crippen molar-refractivity contribution in [3.05, 3.63) is 17.2 Å². The minimum absolute atomic E-state index is 0.0358. The minimum atomic E-state index is -1.23. The van der Waals surface area contributed by atoms with Crippen LogP contribution in [0.5, 0.6) is 17.2 Å². The predicted octanol–water partition coefficient (Wildman–Crippen LogP) is 2.23. The fourth-order valence-corrected chi connectivity index (χ4v) is 1.72. The molecule has 0 aliphatic carbocycles. The van der Waals surface area contributed by atoms with Crippen molar-refractivity contribution in [1.29, 1.82) is 0 Å². The number of phenols is 1. The van der Waals surface area contributed by atoms with Gasteiger partial charge in [0, 0.05) is 5.56 Å². The third-order valence-electron chi connectivity index (χ3n) is 2.49. The van der Waals surface area contributed by atoms with Gasteiger partial charge in [-0.1, -0.05) is 13.8 Å². The summed E-state index contributed by atoms with van der Waals surface area (Å²) in [4.78, 5) is 11.0. The monoisotopic (exact) mass is 240 g/mol. The van der Waals surface area contributed by atoms with Gasteiger partial charge in [0.15, 0.2) is 11.5 Å². The Balaban J connectivity index is 3.61. The summed E-state index contributed by atoms with van der Waals surface area (Å²) in [6.45, 7) is 3.81. The number of hydrogen-bond donors (Lipinski definition) is 2. The van der Waals surface area contributed by atoms with Gasteiger partial charge >= 0.3 is 5.97 Å². The number of hydrogen-bond acceptors (Lipinski definition) is 4.